The average molecular weight is 614 g/mol. The summed E-state index contributed by atoms with van der Waals surface area (Å²) in [5.41, 5.74) is -1.13. The fraction of sp³-hybridized carbons (Fsp3) is 0.517. The van der Waals surface area contributed by atoms with E-state index in [1.54, 1.807) is 4.90 Å². The minimum Gasteiger partial charge on any atom is -0.340 e. The van der Waals surface area contributed by atoms with Gasteiger partial charge < -0.3 is 15.1 Å². The first-order valence-electron chi connectivity index (χ1n) is 13.7. The lowest BCUT2D eigenvalue weighted by Crippen LogP contribution is -2.53. The Morgan fingerprint density at radius 3 is 2.44 bits per heavy atom. The number of likely N-dealkylation sites (tertiary alicyclic amines) is 1. The SMILES string of the molecule is CC(C)N(C)[C@@H]1CC[C@H](N2CCC(NC(=O)c3cccc(C(F)(F)F)c3)C2=O)[C@H](CS(=O)(=O)c2ccc(Cl)cc2)C1. The fourth-order valence-corrected chi connectivity index (χ4v) is 7.66. The van der Waals surface area contributed by atoms with Gasteiger partial charge in [-0.15, -0.1) is 0 Å². The molecule has 4 rings (SSSR count). The van der Waals surface area contributed by atoms with Gasteiger partial charge in [-0.1, -0.05) is 17.7 Å². The summed E-state index contributed by atoms with van der Waals surface area (Å²) >= 11 is 5.95. The molecule has 2 amide bonds. The summed E-state index contributed by atoms with van der Waals surface area (Å²) in [6.45, 7) is 4.47. The van der Waals surface area contributed by atoms with Gasteiger partial charge in [-0.3, -0.25) is 9.59 Å². The number of alkyl halides is 3. The van der Waals surface area contributed by atoms with Gasteiger partial charge in [-0.2, -0.15) is 13.2 Å². The summed E-state index contributed by atoms with van der Waals surface area (Å²) < 4.78 is 66.2. The van der Waals surface area contributed by atoms with Gasteiger partial charge in [-0.05, 0) is 95.0 Å². The van der Waals surface area contributed by atoms with E-state index in [0.29, 0.717) is 24.4 Å². The van der Waals surface area contributed by atoms with Crippen LogP contribution in [0.25, 0.3) is 0 Å². The molecule has 0 bridgehead atoms. The fourth-order valence-electron chi connectivity index (χ4n) is 5.87. The summed E-state index contributed by atoms with van der Waals surface area (Å²) in [5.74, 6) is -1.61. The minimum atomic E-state index is -4.60. The van der Waals surface area contributed by atoms with Gasteiger partial charge in [0.15, 0.2) is 9.84 Å². The van der Waals surface area contributed by atoms with Crippen LogP contribution in [0.5, 0.6) is 0 Å². The van der Waals surface area contributed by atoms with Crippen molar-refractivity contribution in [1.82, 2.24) is 15.1 Å². The summed E-state index contributed by atoms with van der Waals surface area (Å²) in [5, 5.41) is 3.02. The molecule has 1 aliphatic carbocycles. The Morgan fingerprint density at radius 2 is 1.80 bits per heavy atom. The van der Waals surface area contributed by atoms with Gasteiger partial charge in [0.1, 0.15) is 6.04 Å². The van der Waals surface area contributed by atoms with E-state index < -0.39 is 33.5 Å². The zero-order chi connectivity index (χ0) is 30.1. The highest BCUT2D eigenvalue weighted by Gasteiger charge is 2.44. The average Bonchev–Trinajstić information content (AvgIpc) is 3.27. The van der Waals surface area contributed by atoms with Crippen LogP contribution in [-0.2, 0) is 20.8 Å². The highest BCUT2D eigenvalue weighted by atomic mass is 35.5. The smallest absolute Gasteiger partial charge is 0.340 e. The molecule has 1 heterocycles. The number of rotatable bonds is 8. The Hall–Kier alpha value is -2.63. The van der Waals surface area contributed by atoms with E-state index in [-0.39, 0.29) is 52.6 Å². The Kier molecular flexibility index (Phi) is 9.40. The number of hydrogen-bond acceptors (Lipinski definition) is 5. The van der Waals surface area contributed by atoms with E-state index >= 15 is 0 Å². The zero-order valence-electron chi connectivity index (χ0n) is 23.2. The highest BCUT2D eigenvalue weighted by Crippen LogP contribution is 2.36. The maximum absolute atomic E-state index is 13.5. The molecule has 7 nitrogen and oxygen atoms in total. The Morgan fingerprint density at radius 1 is 1.12 bits per heavy atom. The van der Waals surface area contributed by atoms with E-state index in [1.165, 1.54) is 30.3 Å². The monoisotopic (exact) mass is 613 g/mol. The lowest BCUT2D eigenvalue weighted by molar-refractivity contribution is -0.137. The zero-order valence-corrected chi connectivity index (χ0v) is 24.8. The van der Waals surface area contributed by atoms with Crippen molar-refractivity contribution in [3.05, 3.63) is 64.7 Å². The number of amides is 2. The normalized spacial score (nSPS) is 23.8. The first-order chi connectivity index (χ1) is 19.2. The number of carbonyl (C=O) groups excluding carboxylic acids is 2. The summed E-state index contributed by atoms with van der Waals surface area (Å²) in [6.07, 6.45) is -2.35. The molecule has 2 aromatic carbocycles. The quantitative estimate of drug-likeness (QED) is 0.451. The second-order valence-corrected chi connectivity index (χ2v) is 13.7. The van der Waals surface area contributed by atoms with Crippen molar-refractivity contribution in [2.75, 3.05) is 19.3 Å². The summed E-state index contributed by atoms with van der Waals surface area (Å²) in [4.78, 5) is 30.3. The molecule has 12 heteroatoms. The summed E-state index contributed by atoms with van der Waals surface area (Å²) in [6, 6.07) is 9.24. The third-order valence-corrected chi connectivity index (χ3v) is 10.4. The number of nitrogens with zero attached hydrogens (tertiary/aromatic N) is 2. The van der Waals surface area contributed by atoms with Crippen LogP contribution < -0.4 is 5.32 Å². The van der Waals surface area contributed by atoms with Crippen molar-refractivity contribution in [2.24, 2.45) is 5.92 Å². The molecular weight excluding hydrogens is 579 g/mol. The second kappa shape index (κ2) is 12.3. The number of benzene rings is 2. The molecular formula is C29H35ClF3N3O4S. The van der Waals surface area contributed by atoms with Gasteiger partial charge in [0, 0.05) is 35.3 Å². The van der Waals surface area contributed by atoms with Crippen molar-refractivity contribution < 1.29 is 31.2 Å². The molecule has 2 aliphatic rings. The van der Waals surface area contributed by atoms with Gasteiger partial charge in [0.25, 0.3) is 5.91 Å². The molecule has 1 unspecified atom stereocenters. The van der Waals surface area contributed by atoms with Crippen LogP contribution >= 0.6 is 11.6 Å². The van der Waals surface area contributed by atoms with Crippen molar-refractivity contribution in [3.63, 3.8) is 0 Å². The van der Waals surface area contributed by atoms with Crippen molar-refractivity contribution >= 4 is 33.3 Å². The highest BCUT2D eigenvalue weighted by molar-refractivity contribution is 7.91. The minimum absolute atomic E-state index is 0.144. The van der Waals surface area contributed by atoms with Crippen LogP contribution in [-0.4, -0.2) is 73.5 Å². The van der Waals surface area contributed by atoms with Crippen molar-refractivity contribution in [3.8, 4) is 0 Å². The number of sulfone groups is 1. The topological polar surface area (TPSA) is 86.8 Å². The Labute approximate surface area is 243 Å². The van der Waals surface area contributed by atoms with Crippen LogP contribution in [0.1, 0.15) is 55.5 Å². The maximum atomic E-state index is 13.5. The van der Waals surface area contributed by atoms with Gasteiger partial charge in [0.2, 0.25) is 5.91 Å². The third kappa shape index (κ3) is 7.24. The van der Waals surface area contributed by atoms with E-state index in [9.17, 15) is 31.2 Å². The molecule has 224 valence electrons. The Balaban J connectivity index is 1.52. The molecule has 2 aromatic rings. The van der Waals surface area contributed by atoms with Gasteiger partial charge in [0.05, 0.1) is 16.2 Å². The Bertz CT molecular complexity index is 1370. The molecule has 1 aliphatic heterocycles. The predicted octanol–water partition coefficient (Wildman–Crippen LogP) is 5.04. The molecule has 0 radical (unpaired) electrons. The number of halogens is 4. The van der Waals surface area contributed by atoms with Crippen LogP contribution in [0.3, 0.4) is 0 Å². The standard InChI is InChI=1S/C29H35ClF3N3O4S/c1-18(2)35(3)23-9-12-26(20(16-23)17-41(39,40)24-10-7-22(30)8-11-24)36-14-13-25(28(36)38)34-27(37)19-5-4-6-21(15-19)29(31,32)33/h4-8,10-11,15,18,20,23,25-26H,9,12-14,16-17H2,1-3H3,(H,34,37)/t20-,23+,25?,26-/m0/s1. The lowest BCUT2D eigenvalue weighted by atomic mass is 9.81. The molecule has 41 heavy (non-hydrogen) atoms. The molecule has 0 spiro atoms. The summed E-state index contributed by atoms with van der Waals surface area (Å²) in [7, 11) is -1.67. The van der Waals surface area contributed by atoms with Crippen molar-refractivity contribution in [2.45, 2.75) is 74.8 Å². The van der Waals surface area contributed by atoms with Crippen LogP contribution in [0.2, 0.25) is 5.02 Å². The van der Waals surface area contributed by atoms with E-state index in [4.69, 9.17) is 11.6 Å². The van der Waals surface area contributed by atoms with Crippen LogP contribution in [0.15, 0.2) is 53.4 Å². The molecule has 4 atom stereocenters. The van der Waals surface area contributed by atoms with E-state index in [1.807, 2.05) is 7.05 Å². The molecule has 1 N–H and O–H groups in total. The maximum Gasteiger partial charge on any atom is 0.416 e. The van der Waals surface area contributed by atoms with E-state index in [0.717, 1.165) is 24.6 Å². The molecule has 2 fully saturated rings. The third-order valence-electron chi connectivity index (χ3n) is 8.31. The molecule has 0 aromatic heterocycles. The van der Waals surface area contributed by atoms with Crippen LogP contribution in [0, 0.1) is 5.92 Å². The predicted molar refractivity (Wildman–Crippen MR) is 150 cm³/mol. The first kappa shape index (κ1) is 31.3. The number of nitrogens with one attached hydrogen (secondary N) is 1. The number of carbonyl (C=O) groups is 2. The second-order valence-electron chi connectivity index (χ2n) is 11.2. The largest absolute Gasteiger partial charge is 0.416 e. The number of hydrogen-bond donors (Lipinski definition) is 1. The molecule has 1 saturated heterocycles. The van der Waals surface area contributed by atoms with Gasteiger partial charge >= 0.3 is 6.18 Å². The first-order valence-corrected chi connectivity index (χ1v) is 15.7. The molecule has 1 saturated carbocycles. The van der Waals surface area contributed by atoms with Crippen LogP contribution in [0.4, 0.5) is 13.2 Å². The van der Waals surface area contributed by atoms with Crippen molar-refractivity contribution in [1.29, 1.82) is 0 Å². The lowest BCUT2D eigenvalue weighted by Gasteiger charge is -2.44. The van der Waals surface area contributed by atoms with E-state index in [2.05, 4.69) is 24.1 Å². The van der Waals surface area contributed by atoms with Gasteiger partial charge in [-0.25, -0.2) is 8.42 Å².